The maximum atomic E-state index is 11.7. The molecule has 2 nitrogen and oxygen atoms in total. The van der Waals surface area contributed by atoms with E-state index in [4.69, 9.17) is 5.73 Å². The van der Waals surface area contributed by atoms with E-state index < -0.39 is 0 Å². The molecule has 0 aliphatic carbocycles. The van der Waals surface area contributed by atoms with Gasteiger partial charge in [-0.3, -0.25) is 9.18 Å². The second-order valence-corrected chi connectivity index (χ2v) is 2.94. The van der Waals surface area contributed by atoms with E-state index in [9.17, 15) is 9.18 Å². The van der Waals surface area contributed by atoms with Gasteiger partial charge in [-0.15, -0.1) is 0 Å². The third-order valence-corrected chi connectivity index (χ3v) is 1.71. The van der Waals surface area contributed by atoms with Crippen molar-refractivity contribution in [1.82, 2.24) is 0 Å². The highest BCUT2D eigenvalue weighted by atomic mass is 19.1. The van der Waals surface area contributed by atoms with Gasteiger partial charge in [-0.25, -0.2) is 0 Å². The Hall–Kier alpha value is -0.600. The fourth-order valence-electron chi connectivity index (χ4n) is 0.959. The number of carbonyl (C=O) groups excluding carboxylic acids is 1. The van der Waals surface area contributed by atoms with Gasteiger partial charge in [0.05, 0.1) is 6.67 Å². The van der Waals surface area contributed by atoms with Gasteiger partial charge in [-0.1, -0.05) is 6.92 Å². The fourth-order valence-corrected chi connectivity index (χ4v) is 0.959. The van der Waals surface area contributed by atoms with Crippen LogP contribution in [0.1, 0.15) is 32.6 Å². The summed E-state index contributed by atoms with van der Waals surface area (Å²) in [7, 11) is 0. The van der Waals surface area contributed by atoms with Crippen LogP contribution in [0.2, 0.25) is 0 Å². The first-order valence-electron chi connectivity index (χ1n) is 4.01. The molecular weight excluding hydrogens is 145 g/mol. The Morgan fingerprint density at radius 2 is 2.18 bits per heavy atom. The molecule has 0 aliphatic heterocycles. The van der Waals surface area contributed by atoms with Gasteiger partial charge in [0, 0.05) is 6.42 Å². The number of hydrogen-bond donors (Lipinski definition) is 1. The van der Waals surface area contributed by atoms with Crippen molar-refractivity contribution < 1.29 is 9.18 Å². The molecule has 0 fully saturated rings. The zero-order valence-corrected chi connectivity index (χ0v) is 6.98. The highest BCUT2D eigenvalue weighted by molar-refractivity contribution is 5.73. The highest BCUT2D eigenvalue weighted by Crippen LogP contribution is 2.11. The smallest absolute Gasteiger partial charge is 0.217 e. The van der Waals surface area contributed by atoms with Crippen LogP contribution in [0.3, 0.4) is 0 Å². The van der Waals surface area contributed by atoms with E-state index >= 15 is 0 Å². The largest absolute Gasteiger partial charge is 0.370 e. The molecule has 2 N–H and O–H groups in total. The van der Waals surface area contributed by atoms with Crippen molar-refractivity contribution in [2.45, 2.75) is 32.6 Å². The third kappa shape index (κ3) is 7.30. The van der Waals surface area contributed by atoms with E-state index in [0.717, 1.165) is 12.8 Å². The van der Waals surface area contributed by atoms with Gasteiger partial charge in [-0.2, -0.15) is 0 Å². The standard InChI is InChI=1S/C8H16FNO/c1-7(3-2-6-9)4-5-8(10)11/h7H,2-6H2,1H3,(H2,10,11). The number of carbonyl (C=O) groups is 1. The normalized spacial score (nSPS) is 12.9. The number of halogens is 1. The van der Waals surface area contributed by atoms with Gasteiger partial charge in [-0.05, 0) is 25.2 Å². The summed E-state index contributed by atoms with van der Waals surface area (Å²) in [5.74, 6) is 0.148. The predicted molar refractivity (Wildman–Crippen MR) is 42.8 cm³/mol. The maximum absolute atomic E-state index is 11.7. The summed E-state index contributed by atoms with van der Waals surface area (Å²) >= 11 is 0. The number of amides is 1. The van der Waals surface area contributed by atoms with Crippen molar-refractivity contribution >= 4 is 5.91 Å². The van der Waals surface area contributed by atoms with Gasteiger partial charge in [0.25, 0.3) is 0 Å². The van der Waals surface area contributed by atoms with Crippen LogP contribution >= 0.6 is 0 Å². The minimum absolute atomic E-state index is 0.263. The van der Waals surface area contributed by atoms with Crippen LogP contribution in [0.5, 0.6) is 0 Å². The minimum atomic E-state index is -0.267. The summed E-state index contributed by atoms with van der Waals surface area (Å²) in [6.45, 7) is 1.75. The van der Waals surface area contributed by atoms with Crippen molar-refractivity contribution in [2.24, 2.45) is 11.7 Å². The van der Waals surface area contributed by atoms with Crippen LogP contribution in [0, 0.1) is 5.92 Å². The van der Waals surface area contributed by atoms with E-state index in [0.29, 0.717) is 18.8 Å². The zero-order chi connectivity index (χ0) is 8.69. The maximum Gasteiger partial charge on any atom is 0.217 e. The Labute approximate surface area is 67.0 Å². The first-order valence-corrected chi connectivity index (χ1v) is 4.01. The molecule has 0 rings (SSSR count). The first kappa shape index (κ1) is 10.4. The quantitative estimate of drug-likeness (QED) is 0.632. The topological polar surface area (TPSA) is 43.1 Å². The van der Waals surface area contributed by atoms with Crippen molar-refractivity contribution in [3.63, 3.8) is 0 Å². The molecule has 0 aromatic heterocycles. The van der Waals surface area contributed by atoms with Crippen LogP contribution in [0.4, 0.5) is 4.39 Å². The molecule has 0 heterocycles. The Bertz CT molecular complexity index is 117. The Morgan fingerprint density at radius 1 is 1.55 bits per heavy atom. The third-order valence-electron chi connectivity index (χ3n) is 1.71. The molecule has 1 atom stereocenters. The van der Waals surface area contributed by atoms with Gasteiger partial charge >= 0.3 is 0 Å². The number of rotatable bonds is 6. The summed E-state index contributed by atoms with van der Waals surface area (Å²) in [6.07, 6.45) is 2.66. The molecule has 0 bridgehead atoms. The molecule has 0 spiro atoms. The Balaban J connectivity index is 3.22. The number of hydrogen-bond acceptors (Lipinski definition) is 1. The summed E-state index contributed by atoms with van der Waals surface area (Å²) in [5.41, 5.74) is 4.96. The van der Waals surface area contributed by atoms with E-state index in [-0.39, 0.29) is 12.6 Å². The summed E-state index contributed by atoms with van der Waals surface area (Å²) in [4.78, 5) is 10.3. The number of primary amides is 1. The lowest BCUT2D eigenvalue weighted by Gasteiger charge is -2.07. The van der Waals surface area contributed by atoms with Gasteiger partial charge in [0.2, 0.25) is 5.91 Å². The minimum Gasteiger partial charge on any atom is -0.370 e. The molecule has 1 amide bonds. The molecule has 0 aromatic rings. The van der Waals surface area contributed by atoms with Gasteiger partial charge in [0.15, 0.2) is 0 Å². The van der Waals surface area contributed by atoms with Crippen LogP contribution in [-0.4, -0.2) is 12.6 Å². The van der Waals surface area contributed by atoms with Crippen LogP contribution in [0.25, 0.3) is 0 Å². The molecular formula is C8H16FNO. The van der Waals surface area contributed by atoms with E-state index in [1.165, 1.54) is 0 Å². The van der Waals surface area contributed by atoms with Crippen molar-refractivity contribution in [2.75, 3.05) is 6.67 Å². The lowest BCUT2D eigenvalue weighted by atomic mass is 10.0. The van der Waals surface area contributed by atoms with Crippen molar-refractivity contribution in [3.8, 4) is 0 Å². The fraction of sp³-hybridized carbons (Fsp3) is 0.875. The first-order chi connectivity index (χ1) is 5.16. The predicted octanol–water partition coefficient (Wildman–Crippen LogP) is 1.64. The molecule has 66 valence electrons. The van der Waals surface area contributed by atoms with E-state index in [2.05, 4.69) is 0 Å². The number of nitrogens with two attached hydrogens (primary N) is 1. The van der Waals surface area contributed by atoms with Crippen LogP contribution in [0.15, 0.2) is 0 Å². The lowest BCUT2D eigenvalue weighted by Crippen LogP contribution is -2.11. The van der Waals surface area contributed by atoms with Crippen LogP contribution in [-0.2, 0) is 4.79 Å². The molecule has 0 radical (unpaired) electrons. The summed E-state index contributed by atoms with van der Waals surface area (Å²) in [5, 5.41) is 0. The average Bonchev–Trinajstić information content (AvgIpc) is 1.97. The monoisotopic (exact) mass is 161 g/mol. The molecule has 3 heteroatoms. The Morgan fingerprint density at radius 3 is 2.64 bits per heavy atom. The average molecular weight is 161 g/mol. The molecule has 0 saturated heterocycles. The molecule has 0 aromatic carbocycles. The lowest BCUT2D eigenvalue weighted by molar-refractivity contribution is -0.118. The van der Waals surface area contributed by atoms with Gasteiger partial charge < -0.3 is 5.73 Å². The second kappa shape index (κ2) is 6.13. The van der Waals surface area contributed by atoms with E-state index in [1.807, 2.05) is 6.92 Å². The molecule has 11 heavy (non-hydrogen) atoms. The SMILES string of the molecule is CC(CCCF)CCC(N)=O. The highest BCUT2D eigenvalue weighted by Gasteiger charge is 2.03. The van der Waals surface area contributed by atoms with Crippen LogP contribution < -0.4 is 5.73 Å². The van der Waals surface area contributed by atoms with Crippen molar-refractivity contribution in [1.29, 1.82) is 0 Å². The molecule has 1 unspecified atom stereocenters. The molecule has 0 saturated carbocycles. The Kier molecular flexibility index (Phi) is 5.80. The summed E-state index contributed by atoms with van der Waals surface area (Å²) < 4.78 is 11.7. The van der Waals surface area contributed by atoms with Crippen molar-refractivity contribution in [3.05, 3.63) is 0 Å². The second-order valence-electron chi connectivity index (χ2n) is 2.94. The molecule has 0 aliphatic rings. The number of alkyl halides is 1. The summed E-state index contributed by atoms with van der Waals surface area (Å²) in [6, 6.07) is 0. The van der Waals surface area contributed by atoms with E-state index in [1.54, 1.807) is 0 Å². The van der Waals surface area contributed by atoms with Gasteiger partial charge in [0.1, 0.15) is 0 Å². The zero-order valence-electron chi connectivity index (χ0n) is 6.98.